The molecule has 4 aliphatic heterocycles. The van der Waals surface area contributed by atoms with Crippen molar-refractivity contribution >= 4 is 95.5 Å². The number of rotatable bonds is 6. The summed E-state index contributed by atoms with van der Waals surface area (Å²) in [5.41, 5.74) is 24.4. The van der Waals surface area contributed by atoms with Crippen LogP contribution >= 0.6 is 0 Å². The van der Waals surface area contributed by atoms with Crippen molar-refractivity contribution in [3.8, 4) is 22.5 Å². The fraction of sp³-hybridized carbons (Fsp3) is 0.300. The van der Waals surface area contributed by atoms with Crippen molar-refractivity contribution in [2.24, 2.45) is 0 Å². The summed E-state index contributed by atoms with van der Waals surface area (Å²) in [4.78, 5) is 0. The molecular weight excluding hydrogens is 788 g/mol. The number of hydrogen-bond donors (Lipinski definition) is 0. The summed E-state index contributed by atoms with van der Waals surface area (Å²) in [5.74, 6) is 2.51. The van der Waals surface area contributed by atoms with E-state index in [0.29, 0.717) is 35.5 Å². The Bertz CT molecular complexity index is 3530. The highest BCUT2D eigenvalue weighted by molar-refractivity contribution is 7.24. The topological polar surface area (TPSA) is 9.86 Å². The number of aromatic nitrogens is 2. The summed E-state index contributed by atoms with van der Waals surface area (Å²) in [7, 11) is -2.98. The van der Waals surface area contributed by atoms with Gasteiger partial charge >= 0.3 is 0 Å². The third kappa shape index (κ3) is 4.58. The maximum absolute atomic E-state index is 2.98. The van der Waals surface area contributed by atoms with Crippen molar-refractivity contribution in [2.75, 3.05) is 0 Å². The molecule has 2 aromatic heterocycles. The second-order valence-electron chi connectivity index (χ2n) is 22.0. The Kier molecular flexibility index (Phi) is 7.78. The van der Waals surface area contributed by atoms with Gasteiger partial charge in [0.15, 0.2) is 8.07 Å². The minimum absolute atomic E-state index is 0.104. The van der Waals surface area contributed by atoms with E-state index in [-0.39, 0.29) is 6.71 Å². The van der Waals surface area contributed by atoms with Crippen molar-refractivity contribution in [3.63, 3.8) is 0 Å². The maximum Gasteiger partial charge on any atom is 0.252 e. The third-order valence-corrected chi connectivity index (χ3v) is 21.4. The molecule has 1 spiro atoms. The van der Waals surface area contributed by atoms with E-state index in [4.69, 9.17) is 0 Å². The zero-order chi connectivity index (χ0) is 44.2. The van der Waals surface area contributed by atoms with Crippen LogP contribution in [-0.2, 0) is 0 Å². The monoisotopic (exact) mass is 846 g/mol. The maximum atomic E-state index is 2.83. The number of hydrogen-bond acceptors (Lipinski definition) is 0. The zero-order valence-corrected chi connectivity index (χ0v) is 40.8. The second kappa shape index (κ2) is 12.8. The van der Waals surface area contributed by atoms with Gasteiger partial charge in [0.1, 0.15) is 0 Å². The van der Waals surface area contributed by atoms with Gasteiger partial charge < -0.3 is 9.13 Å². The minimum atomic E-state index is -2.98. The van der Waals surface area contributed by atoms with Crippen LogP contribution in [-0.4, -0.2) is 23.9 Å². The molecule has 9 aromatic rings. The number of fused-ring (bicyclic) bond motifs is 14. The molecule has 2 nitrogen and oxygen atoms in total. The highest BCUT2D eigenvalue weighted by atomic mass is 28.3. The van der Waals surface area contributed by atoms with Crippen molar-refractivity contribution in [1.29, 1.82) is 0 Å². The second-order valence-corrected chi connectivity index (χ2v) is 25.7. The lowest BCUT2D eigenvalue weighted by atomic mass is 9.34. The van der Waals surface area contributed by atoms with Gasteiger partial charge in [-0.25, -0.2) is 0 Å². The zero-order valence-electron chi connectivity index (χ0n) is 39.8. The Morgan fingerprint density at radius 2 is 0.812 bits per heavy atom. The predicted molar refractivity (Wildman–Crippen MR) is 280 cm³/mol. The SMILES string of the molecule is CC(C)c1ccc2c(c1)[Si]1(c3cc(C(C)C)ccc3-2)c2ccc3c4c2-n2c5c(cc(C(C)C)cc5c5cc(C(C)C)cc1c52)B4c1cc(C(C)C)cc2c4cc(C(C)C)ccc4n-3c12. The summed E-state index contributed by atoms with van der Waals surface area (Å²) in [6.07, 6.45) is 0. The highest BCUT2D eigenvalue weighted by Crippen LogP contribution is 2.45. The largest absolute Gasteiger partial charge is 0.310 e. The molecule has 6 heterocycles. The van der Waals surface area contributed by atoms with Crippen LogP contribution in [0.4, 0.5) is 0 Å². The van der Waals surface area contributed by atoms with E-state index >= 15 is 0 Å². The molecule has 0 N–H and O–H groups in total. The first-order valence-electron chi connectivity index (χ1n) is 24.5. The van der Waals surface area contributed by atoms with Gasteiger partial charge in [0.25, 0.3) is 6.71 Å². The first-order valence-corrected chi connectivity index (χ1v) is 26.5. The molecule has 7 aromatic carbocycles. The van der Waals surface area contributed by atoms with Gasteiger partial charge in [-0.15, -0.1) is 0 Å². The summed E-state index contributed by atoms with van der Waals surface area (Å²) in [5, 5.41) is 12.0. The normalized spacial score (nSPS) is 14.9. The standard InChI is InChI=1S/C60H59BN2Si/c1-30(2)36-15-18-50-44(21-36)45-22-39(33(7)8)25-48-57(45)62(50)51-19-20-52-60-56(51)61(48)49-26-40(34(9)10)23-46-47-24-41(35(11)12)29-55(59(47)63(60)58(46)49)64(52)53-27-37(31(3)4)13-16-42(53)43-17-14-38(32(5)6)28-54(43)64/h13-35H,1-12H3. The van der Waals surface area contributed by atoms with Gasteiger partial charge in [-0.3, -0.25) is 0 Å². The van der Waals surface area contributed by atoms with Gasteiger partial charge in [0.05, 0.1) is 11.0 Å². The average molecular weight is 847 g/mol. The third-order valence-electron chi connectivity index (χ3n) is 16.5. The fourth-order valence-electron chi connectivity index (χ4n) is 13.0. The molecule has 0 amide bonds. The van der Waals surface area contributed by atoms with Crippen LogP contribution in [0, 0.1) is 0 Å². The molecule has 0 unspecified atom stereocenters. The molecule has 4 aliphatic rings. The molecule has 0 bridgehead atoms. The predicted octanol–water partition coefficient (Wildman–Crippen LogP) is 11.4. The van der Waals surface area contributed by atoms with Crippen LogP contribution in [0.25, 0.3) is 66.1 Å². The van der Waals surface area contributed by atoms with Gasteiger partial charge in [-0.2, -0.15) is 0 Å². The van der Waals surface area contributed by atoms with E-state index in [1.54, 1.807) is 20.7 Å². The van der Waals surface area contributed by atoms with Crippen molar-refractivity contribution in [2.45, 2.75) is 119 Å². The molecular formula is C60H59BN2Si. The lowest BCUT2D eigenvalue weighted by Crippen LogP contribution is -2.77. The molecule has 0 atom stereocenters. The van der Waals surface area contributed by atoms with E-state index < -0.39 is 8.07 Å². The smallest absolute Gasteiger partial charge is 0.252 e. The fourth-order valence-corrected chi connectivity index (χ4v) is 18.7. The quantitative estimate of drug-likeness (QED) is 0.148. The minimum Gasteiger partial charge on any atom is -0.310 e. The molecule has 0 aliphatic carbocycles. The highest BCUT2D eigenvalue weighted by Gasteiger charge is 2.56. The van der Waals surface area contributed by atoms with Crippen molar-refractivity contribution < 1.29 is 0 Å². The van der Waals surface area contributed by atoms with E-state index in [0.717, 1.165) is 0 Å². The summed E-state index contributed by atoms with van der Waals surface area (Å²) in [6.45, 7) is 28.7. The number of nitrogens with zero attached hydrogens (tertiary/aromatic N) is 2. The Labute approximate surface area is 380 Å². The number of benzene rings is 7. The van der Waals surface area contributed by atoms with Crippen LogP contribution < -0.4 is 37.1 Å². The van der Waals surface area contributed by atoms with Gasteiger partial charge in [0.2, 0.25) is 0 Å². The van der Waals surface area contributed by atoms with Gasteiger partial charge in [-0.1, -0.05) is 150 Å². The van der Waals surface area contributed by atoms with E-state index in [1.165, 1.54) is 116 Å². The van der Waals surface area contributed by atoms with Crippen LogP contribution in [0.3, 0.4) is 0 Å². The lowest BCUT2D eigenvalue weighted by Gasteiger charge is -2.43. The van der Waals surface area contributed by atoms with Crippen LogP contribution in [0.15, 0.2) is 103 Å². The molecule has 0 saturated carbocycles. The molecule has 0 saturated heterocycles. The van der Waals surface area contributed by atoms with Gasteiger partial charge in [-0.05, 0) is 154 Å². The molecule has 0 fully saturated rings. The lowest BCUT2D eigenvalue weighted by molar-refractivity contribution is 0.868. The van der Waals surface area contributed by atoms with Crippen molar-refractivity contribution in [3.05, 3.63) is 137 Å². The van der Waals surface area contributed by atoms with E-state index in [2.05, 4.69) is 195 Å². The van der Waals surface area contributed by atoms with E-state index in [9.17, 15) is 0 Å². The Morgan fingerprint density at radius 3 is 1.36 bits per heavy atom. The van der Waals surface area contributed by atoms with Crippen LogP contribution in [0.2, 0.25) is 0 Å². The average Bonchev–Trinajstić information content (AvgIpc) is 3.89. The molecule has 64 heavy (non-hydrogen) atoms. The first kappa shape index (κ1) is 38.8. The van der Waals surface area contributed by atoms with Crippen LogP contribution in [0.1, 0.15) is 152 Å². The molecule has 13 rings (SSSR count). The van der Waals surface area contributed by atoms with E-state index in [1.807, 2.05) is 0 Å². The summed E-state index contributed by atoms with van der Waals surface area (Å²) >= 11 is 0. The Balaban J connectivity index is 1.31. The van der Waals surface area contributed by atoms with Crippen molar-refractivity contribution in [1.82, 2.24) is 9.13 Å². The summed E-state index contributed by atoms with van der Waals surface area (Å²) < 4.78 is 5.53. The Hall–Kier alpha value is -5.58. The Morgan fingerprint density at radius 1 is 0.375 bits per heavy atom. The molecule has 0 radical (unpaired) electrons. The van der Waals surface area contributed by atoms with Gasteiger partial charge in [0, 0.05) is 44.0 Å². The summed E-state index contributed by atoms with van der Waals surface area (Å²) in [6, 6.07) is 43.6. The van der Waals surface area contributed by atoms with Crippen LogP contribution in [0.5, 0.6) is 0 Å². The molecule has 316 valence electrons. The molecule has 4 heteroatoms. The first-order chi connectivity index (χ1) is 30.7.